The number of pyridine rings is 1. The van der Waals surface area contributed by atoms with Gasteiger partial charge in [-0.3, -0.25) is 0 Å². The number of aromatic amines is 1. The quantitative estimate of drug-likeness (QED) is 0.692. The highest BCUT2D eigenvalue weighted by atomic mass is 15.4. The molecular formula is C11H13N7. The van der Waals surface area contributed by atoms with Gasteiger partial charge in [0.2, 0.25) is 0 Å². The van der Waals surface area contributed by atoms with Crippen molar-refractivity contribution in [3.8, 4) is 0 Å². The number of nitrogens with zero attached hydrogens (tertiary/aromatic N) is 5. The molecule has 18 heavy (non-hydrogen) atoms. The molecule has 0 saturated carbocycles. The first-order chi connectivity index (χ1) is 8.76. The third-order valence-electron chi connectivity index (χ3n) is 2.76. The van der Waals surface area contributed by atoms with E-state index in [4.69, 9.17) is 5.73 Å². The molecule has 92 valence electrons. The van der Waals surface area contributed by atoms with Gasteiger partial charge in [-0.2, -0.15) is 0 Å². The second-order valence-electron chi connectivity index (χ2n) is 4.12. The Bertz CT molecular complexity index is 682. The lowest BCUT2D eigenvalue weighted by Crippen LogP contribution is -2.02. The second kappa shape index (κ2) is 4.19. The summed E-state index contributed by atoms with van der Waals surface area (Å²) < 4.78 is 1.70. The smallest absolute Gasteiger partial charge is 0.178 e. The van der Waals surface area contributed by atoms with E-state index in [1.165, 1.54) is 0 Å². The highest BCUT2D eigenvalue weighted by Crippen LogP contribution is 2.13. The number of aryl methyl sites for hydroxylation is 1. The molecule has 0 radical (unpaired) electrons. The van der Waals surface area contributed by atoms with Crippen LogP contribution in [0.15, 0.2) is 18.5 Å². The van der Waals surface area contributed by atoms with Crippen molar-refractivity contribution in [2.75, 3.05) is 0 Å². The van der Waals surface area contributed by atoms with Gasteiger partial charge in [0.15, 0.2) is 5.65 Å². The van der Waals surface area contributed by atoms with Gasteiger partial charge in [-0.1, -0.05) is 5.21 Å². The van der Waals surface area contributed by atoms with Crippen LogP contribution in [0.4, 0.5) is 0 Å². The van der Waals surface area contributed by atoms with Crippen LogP contribution < -0.4 is 5.73 Å². The normalized spacial score (nSPS) is 11.2. The van der Waals surface area contributed by atoms with Crippen LogP contribution in [-0.4, -0.2) is 29.9 Å². The van der Waals surface area contributed by atoms with Gasteiger partial charge in [-0.15, -0.1) is 5.10 Å². The Hall–Kier alpha value is -2.28. The highest BCUT2D eigenvalue weighted by Gasteiger charge is 2.07. The Kier molecular flexibility index (Phi) is 2.52. The Morgan fingerprint density at radius 3 is 3.06 bits per heavy atom. The fraction of sp³-hybridized carbons (Fsp3) is 0.273. The van der Waals surface area contributed by atoms with Crippen LogP contribution in [0.3, 0.4) is 0 Å². The summed E-state index contributed by atoms with van der Waals surface area (Å²) in [7, 11) is 0. The summed E-state index contributed by atoms with van der Waals surface area (Å²) in [6.07, 6.45) is 3.57. The molecule has 3 N–H and O–H groups in total. The summed E-state index contributed by atoms with van der Waals surface area (Å²) in [5.74, 6) is 0.806. The Labute approximate surface area is 103 Å². The topological polar surface area (TPSA) is 98.3 Å². The summed E-state index contributed by atoms with van der Waals surface area (Å²) >= 11 is 0. The van der Waals surface area contributed by atoms with E-state index in [1.54, 1.807) is 10.9 Å². The predicted octanol–water partition coefficient (Wildman–Crippen LogP) is 0.365. The van der Waals surface area contributed by atoms with Crippen LogP contribution in [0, 0.1) is 6.92 Å². The molecular weight excluding hydrogens is 230 g/mol. The van der Waals surface area contributed by atoms with Crippen LogP contribution in [0.5, 0.6) is 0 Å². The van der Waals surface area contributed by atoms with Crippen molar-refractivity contribution in [2.24, 2.45) is 5.73 Å². The van der Waals surface area contributed by atoms with Crippen LogP contribution in [-0.2, 0) is 13.1 Å². The van der Waals surface area contributed by atoms with E-state index < -0.39 is 0 Å². The first-order valence-corrected chi connectivity index (χ1v) is 5.65. The molecule has 3 aromatic heterocycles. The molecule has 0 atom stereocenters. The average Bonchev–Trinajstić information content (AvgIpc) is 2.96. The maximum Gasteiger partial charge on any atom is 0.178 e. The number of fused-ring (bicyclic) bond motifs is 1. The first kappa shape index (κ1) is 10.8. The Morgan fingerprint density at radius 2 is 2.33 bits per heavy atom. The molecule has 0 aliphatic rings. The number of rotatable bonds is 3. The number of H-pyrrole nitrogens is 1. The van der Waals surface area contributed by atoms with Gasteiger partial charge < -0.3 is 10.7 Å². The van der Waals surface area contributed by atoms with Crippen molar-refractivity contribution in [3.63, 3.8) is 0 Å². The van der Waals surface area contributed by atoms with Crippen molar-refractivity contribution in [2.45, 2.75) is 20.0 Å². The number of nitrogens with one attached hydrogen (secondary N) is 1. The molecule has 7 nitrogen and oxygen atoms in total. The average molecular weight is 243 g/mol. The third kappa shape index (κ3) is 1.84. The lowest BCUT2D eigenvalue weighted by molar-refractivity contribution is 0.630. The molecule has 0 amide bonds. The fourth-order valence-corrected chi connectivity index (χ4v) is 1.82. The number of imidazole rings is 1. The van der Waals surface area contributed by atoms with Crippen LogP contribution >= 0.6 is 0 Å². The predicted molar refractivity (Wildman–Crippen MR) is 65.6 cm³/mol. The zero-order chi connectivity index (χ0) is 12.5. The van der Waals surface area contributed by atoms with Crippen molar-refractivity contribution >= 4 is 11.2 Å². The van der Waals surface area contributed by atoms with Gasteiger partial charge in [0.05, 0.1) is 17.4 Å². The number of hydrogen-bond donors (Lipinski definition) is 2. The highest BCUT2D eigenvalue weighted by molar-refractivity contribution is 5.74. The molecule has 0 saturated heterocycles. The molecule has 0 fully saturated rings. The third-order valence-corrected chi connectivity index (χ3v) is 2.76. The second-order valence-corrected chi connectivity index (χ2v) is 4.12. The molecule has 3 rings (SSSR count). The molecule has 0 bridgehead atoms. The molecule has 7 heteroatoms. The van der Waals surface area contributed by atoms with Gasteiger partial charge >= 0.3 is 0 Å². The molecule has 3 aromatic rings. The lowest BCUT2D eigenvalue weighted by atomic mass is 10.3. The maximum absolute atomic E-state index is 5.49. The molecule has 0 spiro atoms. The van der Waals surface area contributed by atoms with Crippen molar-refractivity contribution < 1.29 is 0 Å². The summed E-state index contributed by atoms with van der Waals surface area (Å²) in [4.78, 5) is 11.9. The Morgan fingerprint density at radius 1 is 1.44 bits per heavy atom. The van der Waals surface area contributed by atoms with Gasteiger partial charge in [0.1, 0.15) is 12.4 Å². The van der Waals surface area contributed by atoms with Gasteiger partial charge in [-0.05, 0) is 18.6 Å². The first-order valence-electron chi connectivity index (χ1n) is 5.65. The van der Waals surface area contributed by atoms with E-state index in [1.807, 2.05) is 19.2 Å². The zero-order valence-corrected chi connectivity index (χ0v) is 9.96. The lowest BCUT2D eigenvalue weighted by Gasteiger charge is -1.94. The van der Waals surface area contributed by atoms with Crippen LogP contribution in [0.2, 0.25) is 0 Å². The SMILES string of the molecule is Cc1ccnc2nc(Cn3cc(CN)nn3)[nH]c12. The van der Waals surface area contributed by atoms with Crippen LogP contribution in [0.1, 0.15) is 17.1 Å². The molecule has 3 heterocycles. The van der Waals surface area contributed by atoms with Gasteiger partial charge in [0, 0.05) is 12.7 Å². The maximum atomic E-state index is 5.49. The minimum atomic E-state index is 0.390. The monoisotopic (exact) mass is 243 g/mol. The number of aromatic nitrogens is 6. The fourth-order valence-electron chi connectivity index (χ4n) is 1.82. The molecule has 0 aromatic carbocycles. The van der Waals surface area contributed by atoms with E-state index in [0.717, 1.165) is 28.2 Å². The van der Waals surface area contributed by atoms with Gasteiger partial charge in [0.25, 0.3) is 0 Å². The number of hydrogen-bond acceptors (Lipinski definition) is 5. The van der Waals surface area contributed by atoms with E-state index in [2.05, 4.69) is 25.3 Å². The summed E-state index contributed by atoms with van der Waals surface area (Å²) in [6, 6.07) is 1.95. The van der Waals surface area contributed by atoms with E-state index >= 15 is 0 Å². The summed E-state index contributed by atoms with van der Waals surface area (Å²) in [6.45, 7) is 2.94. The van der Waals surface area contributed by atoms with Crippen molar-refractivity contribution in [1.82, 2.24) is 29.9 Å². The molecule has 0 aliphatic heterocycles. The number of nitrogens with two attached hydrogens (primary N) is 1. The minimum absolute atomic E-state index is 0.390. The molecule has 0 unspecified atom stereocenters. The largest absolute Gasteiger partial charge is 0.339 e. The van der Waals surface area contributed by atoms with Crippen molar-refractivity contribution in [3.05, 3.63) is 35.5 Å². The van der Waals surface area contributed by atoms with E-state index in [-0.39, 0.29) is 0 Å². The zero-order valence-electron chi connectivity index (χ0n) is 9.96. The van der Waals surface area contributed by atoms with Gasteiger partial charge in [-0.25, -0.2) is 14.6 Å². The van der Waals surface area contributed by atoms with Crippen molar-refractivity contribution in [1.29, 1.82) is 0 Å². The standard InChI is InChI=1S/C11H13N7/c1-7-2-3-13-11-10(7)14-9(15-11)6-18-5-8(4-12)16-17-18/h2-3,5H,4,6,12H2,1H3,(H,13,14,15). The summed E-state index contributed by atoms with van der Waals surface area (Å²) in [5, 5.41) is 7.91. The molecule has 0 aliphatic carbocycles. The van der Waals surface area contributed by atoms with Crippen LogP contribution in [0.25, 0.3) is 11.2 Å². The Balaban J connectivity index is 1.93. The minimum Gasteiger partial charge on any atom is -0.339 e. The summed E-state index contributed by atoms with van der Waals surface area (Å²) in [5.41, 5.74) is 9.07. The van der Waals surface area contributed by atoms with E-state index in [9.17, 15) is 0 Å². The van der Waals surface area contributed by atoms with E-state index in [0.29, 0.717) is 13.1 Å².